The van der Waals surface area contributed by atoms with Gasteiger partial charge < -0.3 is 9.74 Å². The van der Waals surface area contributed by atoms with E-state index >= 15 is 0 Å². The van der Waals surface area contributed by atoms with Crippen LogP contribution in [0.1, 0.15) is 87.8 Å². The zero-order chi connectivity index (χ0) is 34.6. The van der Waals surface area contributed by atoms with E-state index < -0.39 is 94.7 Å². The van der Waals surface area contributed by atoms with Crippen molar-refractivity contribution in [3.63, 3.8) is 0 Å². The molecule has 0 spiro atoms. The minimum atomic E-state index is -5.35. The average Bonchev–Trinajstić information content (AvgIpc) is 3.42. The minimum absolute atomic E-state index is 0.0199. The summed E-state index contributed by atoms with van der Waals surface area (Å²) in [5.41, 5.74) is -12.6. The largest absolute Gasteiger partial charge is 0.416 e. The molecule has 1 aliphatic rings. The van der Waals surface area contributed by atoms with Gasteiger partial charge in [-0.05, 0) is 83.5 Å². The molecule has 1 N–H and O–H groups in total. The summed E-state index contributed by atoms with van der Waals surface area (Å²) in [7, 11) is -3.51. The standard InChI is InChI=1S/C30H35F12NOSi/c1-16(2)45(17(3)4,18(5)6)44-26(25-8-7-9-43-25,19-10-21(27(31,32)33)14-22(11-19)28(34,35)36)20-12-23(29(37,38)39)15-24(13-20)30(40,41)42/h10-18,25,43H,7-9H2,1-6H3/t25-/m1/s1. The second kappa shape index (κ2) is 12.4. The highest BCUT2D eigenvalue weighted by Gasteiger charge is 2.56. The number of hydrogen-bond acceptors (Lipinski definition) is 2. The first-order valence-corrected chi connectivity index (χ1v) is 16.4. The van der Waals surface area contributed by atoms with Gasteiger partial charge in [-0.3, -0.25) is 0 Å². The van der Waals surface area contributed by atoms with Gasteiger partial charge in [0.1, 0.15) is 5.60 Å². The Kier molecular flexibility index (Phi) is 10.3. The van der Waals surface area contributed by atoms with E-state index in [0.29, 0.717) is 24.3 Å². The van der Waals surface area contributed by atoms with Crippen LogP contribution >= 0.6 is 0 Å². The molecule has 1 saturated heterocycles. The van der Waals surface area contributed by atoms with Crippen LogP contribution in [0.3, 0.4) is 0 Å². The predicted octanol–water partition coefficient (Wildman–Crippen LogP) is 10.9. The number of alkyl halides is 12. The molecule has 3 rings (SSSR count). The van der Waals surface area contributed by atoms with Gasteiger partial charge in [-0.15, -0.1) is 0 Å². The van der Waals surface area contributed by atoms with Crippen molar-refractivity contribution in [2.24, 2.45) is 0 Å². The maximum absolute atomic E-state index is 14.2. The molecule has 1 atom stereocenters. The second-order valence-corrected chi connectivity index (χ2v) is 17.8. The molecule has 0 saturated carbocycles. The summed E-state index contributed by atoms with van der Waals surface area (Å²) in [6, 6.07) is -0.157. The third-order valence-electron chi connectivity index (χ3n) is 8.63. The van der Waals surface area contributed by atoms with Gasteiger partial charge in [-0.25, -0.2) is 0 Å². The molecule has 254 valence electrons. The molecule has 0 unspecified atom stereocenters. The Morgan fingerprint density at radius 1 is 0.556 bits per heavy atom. The van der Waals surface area contributed by atoms with Gasteiger partial charge in [-0.1, -0.05) is 41.5 Å². The molecule has 2 nitrogen and oxygen atoms in total. The Labute approximate surface area is 254 Å². The van der Waals surface area contributed by atoms with Crippen LogP contribution in [-0.2, 0) is 34.7 Å². The fourth-order valence-electron chi connectivity index (χ4n) is 6.76. The second-order valence-electron chi connectivity index (χ2n) is 12.4. The summed E-state index contributed by atoms with van der Waals surface area (Å²) in [6.45, 7) is 10.5. The normalized spacial score (nSPS) is 17.7. The third kappa shape index (κ3) is 7.34. The van der Waals surface area contributed by atoms with Gasteiger partial charge in [0.15, 0.2) is 0 Å². The molecule has 0 radical (unpaired) electrons. The number of nitrogens with one attached hydrogen (secondary N) is 1. The smallest absolute Gasteiger partial charge is 0.401 e. The zero-order valence-corrected chi connectivity index (χ0v) is 26.3. The van der Waals surface area contributed by atoms with Crippen LogP contribution < -0.4 is 5.32 Å². The SMILES string of the molecule is CC(C)[Si](OC(c1cc(C(F)(F)F)cc(C(F)(F)F)c1)(c1cc(C(F)(F)F)cc(C(F)(F)F)c1)[C@H]1CCCN1)(C(C)C)C(C)C. The maximum Gasteiger partial charge on any atom is 0.416 e. The first-order chi connectivity index (χ1) is 20.3. The van der Waals surface area contributed by atoms with Crippen LogP contribution in [0, 0.1) is 0 Å². The van der Waals surface area contributed by atoms with E-state index in [0.717, 1.165) is 0 Å². The molecule has 2 aromatic rings. The van der Waals surface area contributed by atoms with Gasteiger partial charge in [-0.2, -0.15) is 52.7 Å². The Morgan fingerprint density at radius 3 is 1.07 bits per heavy atom. The van der Waals surface area contributed by atoms with Gasteiger partial charge in [0.25, 0.3) is 0 Å². The van der Waals surface area contributed by atoms with Crippen molar-refractivity contribution in [3.8, 4) is 0 Å². The first-order valence-electron chi connectivity index (χ1n) is 14.3. The molecule has 2 aromatic carbocycles. The zero-order valence-electron chi connectivity index (χ0n) is 25.3. The molecular formula is C30H35F12NOSi. The highest BCUT2D eigenvalue weighted by molar-refractivity contribution is 6.77. The molecule has 1 heterocycles. The van der Waals surface area contributed by atoms with Crippen molar-refractivity contribution < 1.29 is 57.1 Å². The van der Waals surface area contributed by atoms with E-state index in [4.69, 9.17) is 4.43 Å². The lowest BCUT2D eigenvalue weighted by Crippen LogP contribution is -2.59. The molecule has 0 bridgehead atoms. The van der Waals surface area contributed by atoms with Crippen LogP contribution in [0.2, 0.25) is 16.6 Å². The van der Waals surface area contributed by atoms with Gasteiger partial charge in [0.2, 0.25) is 8.32 Å². The van der Waals surface area contributed by atoms with E-state index in [9.17, 15) is 52.7 Å². The molecule has 0 aromatic heterocycles. The summed E-state index contributed by atoms with van der Waals surface area (Å²) in [4.78, 5) is 0. The average molecular weight is 682 g/mol. The Morgan fingerprint density at radius 2 is 0.844 bits per heavy atom. The fraction of sp³-hybridized carbons (Fsp3) is 0.600. The lowest BCUT2D eigenvalue weighted by Gasteiger charge is -2.52. The molecule has 0 aliphatic carbocycles. The third-order valence-corrected chi connectivity index (χ3v) is 14.7. The van der Waals surface area contributed by atoms with Gasteiger partial charge in [0.05, 0.1) is 22.3 Å². The first kappa shape index (κ1) is 37.2. The van der Waals surface area contributed by atoms with Crippen molar-refractivity contribution in [2.45, 2.75) is 107 Å². The van der Waals surface area contributed by atoms with E-state index in [2.05, 4.69) is 5.32 Å². The van der Waals surface area contributed by atoms with Crippen molar-refractivity contribution in [2.75, 3.05) is 6.54 Å². The highest BCUT2D eigenvalue weighted by Crippen LogP contribution is 2.53. The monoisotopic (exact) mass is 681 g/mol. The van der Waals surface area contributed by atoms with E-state index in [1.807, 2.05) is 0 Å². The predicted molar refractivity (Wildman–Crippen MR) is 147 cm³/mol. The highest BCUT2D eigenvalue weighted by atomic mass is 28.4. The van der Waals surface area contributed by atoms with Crippen LogP contribution in [0.15, 0.2) is 36.4 Å². The summed E-state index contributed by atoms with van der Waals surface area (Å²) in [6.07, 6.45) is -21.1. The van der Waals surface area contributed by atoms with E-state index in [1.165, 1.54) is 0 Å². The molecule has 0 amide bonds. The Hall–Kier alpha value is -2.26. The van der Waals surface area contributed by atoms with Crippen molar-refractivity contribution >= 4 is 8.32 Å². The topological polar surface area (TPSA) is 21.3 Å². The van der Waals surface area contributed by atoms with Crippen LogP contribution in [0.25, 0.3) is 0 Å². The summed E-state index contributed by atoms with van der Waals surface area (Å²) in [5.74, 6) is 0. The van der Waals surface area contributed by atoms with Gasteiger partial charge >= 0.3 is 24.7 Å². The van der Waals surface area contributed by atoms with Crippen LogP contribution in [0.4, 0.5) is 52.7 Å². The maximum atomic E-state index is 14.2. The lowest BCUT2D eigenvalue weighted by molar-refractivity contribution is -0.144. The van der Waals surface area contributed by atoms with Crippen molar-refractivity contribution in [3.05, 3.63) is 69.8 Å². The van der Waals surface area contributed by atoms with Crippen LogP contribution in [-0.4, -0.2) is 20.9 Å². The van der Waals surface area contributed by atoms with E-state index in [-0.39, 0.29) is 31.5 Å². The van der Waals surface area contributed by atoms with Crippen molar-refractivity contribution in [1.29, 1.82) is 0 Å². The molecule has 1 fully saturated rings. The Balaban J connectivity index is 2.70. The van der Waals surface area contributed by atoms with E-state index in [1.54, 1.807) is 41.5 Å². The van der Waals surface area contributed by atoms with Crippen LogP contribution in [0.5, 0.6) is 0 Å². The lowest BCUT2D eigenvalue weighted by atomic mass is 9.77. The van der Waals surface area contributed by atoms with Gasteiger partial charge in [0, 0.05) is 6.04 Å². The number of benzene rings is 2. The quantitative estimate of drug-likeness (QED) is 0.221. The fourth-order valence-corrected chi connectivity index (χ4v) is 12.4. The number of rotatable bonds is 8. The molecule has 15 heteroatoms. The summed E-state index contributed by atoms with van der Waals surface area (Å²) in [5, 5.41) is 2.94. The summed E-state index contributed by atoms with van der Waals surface area (Å²) >= 11 is 0. The number of hydrogen-bond donors (Lipinski definition) is 1. The molecular weight excluding hydrogens is 646 g/mol. The molecule has 45 heavy (non-hydrogen) atoms. The van der Waals surface area contributed by atoms with Crippen molar-refractivity contribution in [1.82, 2.24) is 5.32 Å². The summed E-state index contributed by atoms with van der Waals surface area (Å²) < 4.78 is 177. The number of halogens is 12. The minimum Gasteiger partial charge on any atom is -0.401 e. The molecule has 1 aliphatic heterocycles. The Bertz CT molecular complexity index is 1170.